The van der Waals surface area contributed by atoms with E-state index in [-0.39, 0.29) is 24.3 Å². The van der Waals surface area contributed by atoms with Crippen LogP contribution in [0.3, 0.4) is 0 Å². The highest BCUT2D eigenvalue weighted by molar-refractivity contribution is 5.93. The highest BCUT2D eigenvalue weighted by atomic mass is 16.5. The second-order valence-corrected chi connectivity index (χ2v) is 3.79. The SMILES string of the molecule is Cc1cnoc1C(=O)N(CCO)C1CC1. The third-order valence-electron chi connectivity index (χ3n) is 2.53. The first kappa shape index (κ1) is 10.2. The van der Waals surface area contributed by atoms with Crippen LogP contribution in [0, 0.1) is 6.92 Å². The molecule has 1 aliphatic carbocycles. The number of aliphatic hydroxyl groups is 1. The van der Waals surface area contributed by atoms with E-state index in [1.165, 1.54) is 6.20 Å². The van der Waals surface area contributed by atoms with Gasteiger partial charge in [-0.25, -0.2) is 0 Å². The highest BCUT2D eigenvalue weighted by Crippen LogP contribution is 2.28. The van der Waals surface area contributed by atoms with Gasteiger partial charge in [-0.2, -0.15) is 0 Å². The molecule has 1 amide bonds. The first-order valence-corrected chi connectivity index (χ1v) is 5.07. The summed E-state index contributed by atoms with van der Waals surface area (Å²) >= 11 is 0. The summed E-state index contributed by atoms with van der Waals surface area (Å²) in [5.41, 5.74) is 0.739. The van der Waals surface area contributed by atoms with Crippen molar-refractivity contribution in [3.05, 3.63) is 17.5 Å². The molecule has 1 aliphatic rings. The molecule has 0 aromatic carbocycles. The van der Waals surface area contributed by atoms with E-state index < -0.39 is 0 Å². The lowest BCUT2D eigenvalue weighted by Crippen LogP contribution is -2.35. The summed E-state index contributed by atoms with van der Waals surface area (Å²) in [7, 11) is 0. The molecule has 0 aliphatic heterocycles. The molecule has 82 valence electrons. The number of aromatic nitrogens is 1. The minimum absolute atomic E-state index is 0.0184. The molecule has 5 heteroatoms. The van der Waals surface area contributed by atoms with Crippen molar-refractivity contribution in [1.82, 2.24) is 10.1 Å². The van der Waals surface area contributed by atoms with E-state index >= 15 is 0 Å². The fourth-order valence-electron chi connectivity index (χ4n) is 1.57. The van der Waals surface area contributed by atoms with E-state index in [0.29, 0.717) is 6.54 Å². The van der Waals surface area contributed by atoms with Gasteiger partial charge in [-0.15, -0.1) is 0 Å². The van der Waals surface area contributed by atoms with E-state index in [2.05, 4.69) is 5.16 Å². The third kappa shape index (κ3) is 2.02. The molecule has 0 unspecified atom stereocenters. The third-order valence-corrected chi connectivity index (χ3v) is 2.53. The fraction of sp³-hybridized carbons (Fsp3) is 0.600. The molecule has 0 radical (unpaired) electrons. The van der Waals surface area contributed by atoms with Crippen LogP contribution in [-0.4, -0.2) is 40.3 Å². The van der Waals surface area contributed by atoms with Crippen LogP contribution >= 0.6 is 0 Å². The first-order chi connectivity index (χ1) is 7.24. The van der Waals surface area contributed by atoms with Crippen LogP contribution in [0.4, 0.5) is 0 Å². The van der Waals surface area contributed by atoms with Crippen molar-refractivity contribution in [3.63, 3.8) is 0 Å². The molecule has 5 nitrogen and oxygen atoms in total. The Morgan fingerprint density at radius 1 is 1.73 bits per heavy atom. The topological polar surface area (TPSA) is 66.6 Å². The molecule has 1 N–H and O–H groups in total. The van der Waals surface area contributed by atoms with Crippen LogP contribution in [0.5, 0.6) is 0 Å². The van der Waals surface area contributed by atoms with Crippen LogP contribution in [0.1, 0.15) is 29.0 Å². The fourth-order valence-corrected chi connectivity index (χ4v) is 1.57. The number of carbonyl (C=O) groups is 1. The monoisotopic (exact) mass is 210 g/mol. The smallest absolute Gasteiger partial charge is 0.293 e. The van der Waals surface area contributed by atoms with Gasteiger partial charge in [0.1, 0.15) is 0 Å². The summed E-state index contributed by atoms with van der Waals surface area (Å²) in [6.45, 7) is 2.13. The molecule has 0 spiro atoms. The van der Waals surface area contributed by atoms with Crippen LogP contribution in [0.15, 0.2) is 10.7 Å². The normalized spacial score (nSPS) is 15.3. The largest absolute Gasteiger partial charge is 0.395 e. The van der Waals surface area contributed by atoms with E-state index in [0.717, 1.165) is 18.4 Å². The number of carbonyl (C=O) groups excluding carboxylic acids is 1. The number of aliphatic hydroxyl groups excluding tert-OH is 1. The lowest BCUT2D eigenvalue weighted by atomic mass is 10.2. The van der Waals surface area contributed by atoms with Gasteiger partial charge < -0.3 is 14.5 Å². The molecule has 1 fully saturated rings. The quantitative estimate of drug-likeness (QED) is 0.789. The number of rotatable bonds is 4. The summed E-state index contributed by atoms with van der Waals surface area (Å²) < 4.78 is 4.91. The second-order valence-electron chi connectivity index (χ2n) is 3.79. The number of aryl methyl sites for hydroxylation is 1. The van der Waals surface area contributed by atoms with Gasteiger partial charge in [-0.1, -0.05) is 5.16 Å². The standard InChI is InChI=1S/C10H14N2O3/c1-7-6-11-15-9(7)10(14)12(4-5-13)8-2-3-8/h6,8,13H,2-5H2,1H3. The Morgan fingerprint density at radius 3 is 2.93 bits per heavy atom. The molecule has 1 aromatic rings. The molecule has 1 heterocycles. The van der Waals surface area contributed by atoms with Gasteiger partial charge >= 0.3 is 0 Å². The predicted octanol–water partition coefficient (Wildman–Crippen LogP) is 0.580. The van der Waals surface area contributed by atoms with Crippen molar-refractivity contribution in [2.75, 3.05) is 13.2 Å². The molecule has 1 saturated carbocycles. The molecule has 0 atom stereocenters. The maximum Gasteiger partial charge on any atom is 0.293 e. The van der Waals surface area contributed by atoms with E-state index in [1.54, 1.807) is 11.8 Å². The maximum atomic E-state index is 12.0. The average Bonchev–Trinajstić information content (AvgIpc) is 2.97. The van der Waals surface area contributed by atoms with Crippen LogP contribution in [-0.2, 0) is 0 Å². The van der Waals surface area contributed by atoms with Gasteiger partial charge in [0.2, 0.25) is 5.76 Å². The van der Waals surface area contributed by atoms with Crippen molar-refractivity contribution in [1.29, 1.82) is 0 Å². The molecule has 1 aromatic heterocycles. The zero-order valence-electron chi connectivity index (χ0n) is 8.64. The molecular formula is C10H14N2O3. The van der Waals surface area contributed by atoms with Gasteiger partial charge in [0.25, 0.3) is 5.91 Å². The van der Waals surface area contributed by atoms with E-state index in [9.17, 15) is 4.79 Å². The minimum atomic E-state index is -0.165. The highest BCUT2D eigenvalue weighted by Gasteiger charge is 2.34. The number of amides is 1. The first-order valence-electron chi connectivity index (χ1n) is 5.07. The Kier molecular flexibility index (Phi) is 2.73. The molecular weight excluding hydrogens is 196 g/mol. The predicted molar refractivity (Wildman–Crippen MR) is 52.4 cm³/mol. The zero-order valence-corrected chi connectivity index (χ0v) is 8.64. The van der Waals surface area contributed by atoms with E-state index in [1.807, 2.05) is 0 Å². The van der Waals surface area contributed by atoms with Crippen molar-refractivity contribution in [3.8, 4) is 0 Å². The summed E-state index contributed by atoms with van der Waals surface area (Å²) in [5.74, 6) is 0.122. The summed E-state index contributed by atoms with van der Waals surface area (Å²) in [4.78, 5) is 13.6. The number of nitrogens with zero attached hydrogens (tertiary/aromatic N) is 2. The van der Waals surface area contributed by atoms with E-state index in [4.69, 9.17) is 9.63 Å². The Balaban J connectivity index is 2.14. The molecule has 2 rings (SSSR count). The summed E-state index contributed by atoms with van der Waals surface area (Å²) in [6, 6.07) is 0.272. The van der Waals surface area contributed by atoms with Crippen LogP contribution in [0.2, 0.25) is 0 Å². The Hall–Kier alpha value is -1.36. The average molecular weight is 210 g/mol. The Labute approximate surface area is 87.7 Å². The molecule has 0 saturated heterocycles. The molecule has 15 heavy (non-hydrogen) atoms. The van der Waals surface area contributed by atoms with Gasteiger partial charge in [0, 0.05) is 18.2 Å². The Morgan fingerprint density at radius 2 is 2.47 bits per heavy atom. The zero-order chi connectivity index (χ0) is 10.8. The maximum absolute atomic E-state index is 12.0. The van der Waals surface area contributed by atoms with Gasteiger partial charge in [0.15, 0.2) is 0 Å². The van der Waals surface area contributed by atoms with Crippen molar-refractivity contribution >= 4 is 5.91 Å². The summed E-state index contributed by atoms with van der Waals surface area (Å²) in [6.07, 6.45) is 3.55. The number of hydrogen-bond acceptors (Lipinski definition) is 4. The van der Waals surface area contributed by atoms with Gasteiger partial charge in [-0.3, -0.25) is 4.79 Å². The molecule has 0 bridgehead atoms. The van der Waals surface area contributed by atoms with Gasteiger partial charge in [0.05, 0.1) is 12.8 Å². The number of hydrogen-bond donors (Lipinski definition) is 1. The van der Waals surface area contributed by atoms with Crippen molar-refractivity contribution < 1.29 is 14.4 Å². The van der Waals surface area contributed by atoms with Crippen LogP contribution < -0.4 is 0 Å². The second kappa shape index (κ2) is 4.02. The van der Waals surface area contributed by atoms with Crippen LogP contribution in [0.25, 0.3) is 0 Å². The minimum Gasteiger partial charge on any atom is -0.395 e. The lowest BCUT2D eigenvalue weighted by molar-refractivity contribution is 0.0665. The Bertz CT molecular complexity index is 357. The van der Waals surface area contributed by atoms with Crippen molar-refractivity contribution in [2.24, 2.45) is 0 Å². The lowest BCUT2D eigenvalue weighted by Gasteiger charge is -2.19. The van der Waals surface area contributed by atoms with Gasteiger partial charge in [-0.05, 0) is 19.8 Å². The summed E-state index contributed by atoms with van der Waals surface area (Å²) in [5, 5.41) is 12.5. The van der Waals surface area contributed by atoms with Crippen molar-refractivity contribution in [2.45, 2.75) is 25.8 Å².